The molecule has 3 atom stereocenters. The Bertz CT molecular complexity index is 835. The van der Waals surface area contributed by atoms with Crippen molar-refractivity contribution in [1.29, 1.82) is 0 Å². The molecule has 4 aliphatic carbocycles. The Balaban J connectivity index is 0.829. The van der Waals surface area contributed by atoms with Crippen molar-refractivity contribution in [2.45, 2.75) is 167 Å². The van der Waals surface area contributed by atoms with Gasteiger partial charge in [0.25, 0.3) is 0 Å². The second-order valence-corrected chi connectivity index (χ2v) is 16.8. The van der Waals surface area contributed by atoms with Gasteiger partial charge in [0.2, 0.25) is 0 Å². The lowest BCUT2D eigenvalue weighted by atomic mass is 9.59. The molecular weight excluding hydrogens is 540 g/mol. The molecule has 43 heavy (non-hydrogen) atoms. The summed E-state index contributed by atoms with van der Waals surface area (Å²) in [4.78, 5) is 0. The van der Waals surface area contributed by atoms with E-state index in [1.54, 1.807) is 0 Å². The molecule has 0 amide bonds. The first-order valence-electron chi connectivity index (χ1n) is 18.5. The third kappa shape index (κ3) is 8.57. The van der Waals surface area contributed by atoms with Crippen LogP contribution in [0.25, 0.3) is 0 Å². The zero-order valence-electron chi connectivity index (χ0n) is 28.0. The molecule has 4 saturated carbocycles. The molecule has 6 rings (SSSR count). The van der Waals surface area contributed by atoms with E-state index in [0.29, 0.717) is 42.4 Å². The van der Waals surface area contributed by atoms with Crippen molar-refractivity contribution in [2.75, 3.05) is 26.4 Å². The number of aliphatic hydroxyl groups excluding tert-OH is 1. The fourth-order valence-corrected chi connectivity index (χ4v) is 9.99. The largest absolute Gasteiger partial charge is 0.388 e. The molecule has 1 N–H and O–H groups in total. The highest BCUT2D eigenvalue weighted by atomic mass is 16.8. The van der Waals surface area contributed by atoms with Crippen LogP contribution < -0.4 is 0 Å². The SMILES string of the molecule is CC(C)(C1CCC(OCC(O)COC2CCC(C(C)(C)C3CCC(C4CO4)CC3)CC2)CC1)C1CCC(OC2CO2)CC1. The van der Waals surface area contributed by atoms with Gasteiger partial charge >= 0.3 is 0 Å². The van der Waals surface area contributed by atoms with Crippen LogP contribution in [0.3, 0.4) is 0 Å². The van der Waals surface area contributed by atoms with E-state index in [0.717, 1.165) is 68.5 Å². The quantitative estimate of drug-likeness (QED) is 0.217. The summed E-state index contributed by atoms with van der Waals surface area (Å²) in [6, 6.07) is 0. The number of hydrogen-bond donors (Lipinski definition) is 1. The summed E-state index contributed by atoms with van der Waals surface area (Å²) in [5, 5.41) is 10.7. The van der Waals surface area contributed by atoms with Gasteiger partial charge in [0.05, 0.1) is 44.2 Å². The minimum atomic E-state index is -0.521. The molecule has 3 unspecified atom stereocenters. The lowest BCUT2D eigenvalue weighted by Crippen LogP contribution is -2.40. The molecule has 6 aliphatic rings. The average molecular weight is 605 g/mol. The lowest BCUT2D eigenvalue weighted by Gasteiger charge is -2.46. The number of aliphatic hydroxyl groups is 1. The van der Waals surface area contributed by atoms with Gasteiger partial charge in [0.1, 0.15) is 12.7 Å². The highest BCUT2D eigenvalue weighted by Crippen LogP contribution is 2.51. The van der Waals surface area contributed by atoms with Crippen LogP contribution in [-0.4, -0.2) is 68.3 Å². The van der Waals surface area contributed by atoms with Crippen LogP contribution in [0.2, 0.25) is 0 Å². The van der Waals surface area contributed by atoms with Crippen molar-refractivity contribution in [3.8, 4) is 0 Å². The minimum absolute atomic E-state index is 0.0927. The molecule has 0 spiro atoms. The Labute approximate surface area is 262 Å². The van der Waals surface area contributed by atoms with E-state index in [1.165, 1.54) is 77.0 Å². The molecule has 0 aromatic carbocycles. The van der Waals surface area contributed by atoms with Crippen LogP contribution in [0.4, 0.5) is 0 Å². The average Bonchev–Trinajstić information content (AvgIpc) is 3.96. The molecule has 248 valence electrons. The molecule has 2 aliphatic heterocycles. The van der Waals surface area contributed by atoms with Gasteiger partial charge in [0.15, 0.2) is 6.29 Å². The van der Waals surface area contributed by atoms with Gasteiger partial charge in [-0.2, -0.15) is 0 Å². The predicted molar refractivity (Wildman–Crippen MR) is 169 cm³/mol. The Morgan fingerprint density at radius 2 is 0.930 bits per heavy atom. The standard InChI is InChI=1S/C37H64O6/c1-36(2,26-7-5-25(6-8-26)34-23-41-34)27-9-15-31(16-10-27)39-21-30(38)22-40-32-17-11-28(12-18-32)37(3,4)29-13-19-33(20-14-29)43-35-24-42-35/h25-35,38H,5-24H2,1-4H3. The van der Waals surface area contributed by atoms with Gasteiger partial charge in [-0.05, 0) is 143 Å². The van der Waals surface area contributed by atoms with Crippen LogP contribution in [0.1, 0.15) is 130 Å². The van der Waals surface area contributed by atoms with Gasteiger partial charge in [-0.15, -0.1) is 0 Å². The van der Waals surface area contributed by atoms with E-state index in [-0.39, 0.29) is 12.4 Å². The summed E-state index contributed by atoms with van der Waals surface area (Å²) in [5.74, 6) is 4.04. The molecule has 0 aromatic rings. The van der Waals surface area contributed by atoms with Crippen molar-refractivity contribution in [3.63, 3.8) is 0 Å². The number of ether oxygens (including phenoxy) is 5. The lowest BCUT2D eigenvalue weighted by molar-refractivity contribution is -0.0881. The van der Waals surface area contributed by atoms with E-state index in [1.807, 2.05) is 0 Å². The highest BCUT2D eigenvalue weighted by Gasteiger charge is 2.44. The number of epoxide rings is 2. The summed E-state index contributed by atoms with van der Waals surface area (Å²) in [6.07, 6.45) is 21.1. The molecule has 2 saturated heterocycles. The van der Waals surface area contributed by atoms with Crippen LogP contribution in [-0.2, 0) is 23.7 Å². The molecule has 0 radical (unpaired) electrons. The predicted octanol–water partition coefficient (Wildman–Crippen LogP) is 7.69. The van der Waals surface area contributed by atoms with Gasteiger partial charge in [-0.3, -0.25) is 0 Å². The molecule has 2 heterocycles. The fraction of sp³-hybridized carbons (Fsp3) is 1.00. The summed E-state index contributed by atoms with van der Waals surface area (Å²) >= 11 is 0. The third-order valence-electron chi connectivity index (χ3n) is 13.6. The molecule has 6 heteroatoms. The second-order valence-electron chi connectivity index (χ2n) is 16.8. The Hall–Kier alpha value is -0.240. The summed E-state index contributed by atoms with van der Waals surface area (Å²) < 4.78 is 29.3. The van der Waals surface area contributed by atoms with Crippen molar-refractivity contribution in [2.24, 2.45) is 40.4 Å². The van der Waals surface area contributed by atoms with E-state index >= 15 is 0 Å². The van der Waals surface area contributed by atoms with Gasteiger partial charge in [0, 0.05) is 0 Å². The summed E-state index contributed by atoms with van der Waals surface area (Å²) in [5.41, 5.74) is 0.792. The van der Waals surface area contributed by atoms with Crippen LogP contribution in [0.5, 0.6) is 0 Å². The molecule has 6 nitrogen and oxygen atoms in total. The third-order valence-corrected chi connectivity index (χ3v) is 13.6. The van der Waals surface area contributed by atoms with Gasteiger partial charge in [-0.25, -0.2) is 0 Å². The Kier molecular flexibility index (Phi) is 10.8. The second kappa shape index (κ2) is 14.3. The summed E-state index contributed by atoms with van der Waals surface area (Å²) in [6.45, 7) is 12.7. The van der Waals surface area contributed by atoms with Crippen LogP contribution in [0, 0.1) is 40.4 Å². The molecule has 0 bridgehead atoms. The number of rotatable bonds is 13. The van der Waals surface area contributed by atoms with Crippen molar-refractivity contribution in [3.05, 3.63) is 0 Å². The van der Waals surface area contributed by atoms with Gasteiger partial charge < -0.3 is 28.8 Å². The van der Waals surface area contributed by atoms with Crippen LogP contribution in [0.15, 0.2) is 0 Å². The first-order valence-corrected chi connectivity index (χ1v) is 18.5. The molecule has 6 fully saturated rings. The first-order chi connectivity index (χ1) is 20.7. The van der Waals surface area contributed by atoms with Crippen molar-refractivity contribution in [1.82, 2.24) is 0 Å². The topological polar surface area (TPSA) is 73.0 Å². The maximum absolute atomic E-state index is 10.7. The Morgan fingerprint density at radius 1 is 0.558 bits per heavy atom. The van der Waals surface area contributed by atoms with E-state index in [2.05, 4.69) is 27.7 Å². The number of hydrogen-bond acceptors (Lipinski definition) is 6. The summed E-state index contributed by atoms with van der Waals surface area (Å²) in [7, 11) is 0. The Morgan fingerprint density at radius 3 is 1.30 bits per heavy atom. The molecule has 0 aromatic heterocycles. The zero-order chi connectivity index (χ0) is 30.0. The first kappa shape index (κ1) is 32.7. The van der Waals surface area contributed by atoms with Crippen molar-refractivity contribution >= 4 is 0 Å². The zero-order valence-corrected chi connectivity index (χ0v) is 28.0. The normalized spacial score (nSPS) is 41.5. The maximum atomic E-state index is 10.7. The smallest absolute Gasteiger partial charge is 0.181 e. The van der Waals surface area contributed by atoms with Crippen LogP contribution >= 0.6 is 0 Å². The molecular formula is C37H64O6. The maximum Gasteiger partial charge on any atom is 0.181 e. The van der Waals surface area contributed by atoms with E-state index in [4.69, 9.17) is 23.7 Å². The monoisotopic (exact) mass is 604 g/mol. The van der Waals surface area contributed by atoms with E-state index < -0.39 is 6.10 Å². The highest BCUT2D eigenvalue weighted by molar-refractivity contribution is 4.94. The van der Waals surface area contributed by atoms with Crippen molar-refractivity contribution < 1.29 is 28.8 Å². The fourth-order valence-electron chi connectivity index (χ4n) is 9.99. The van der Waals surface area contributed by atoms with Gasteiger partial charge in [-0.1, -0.05) is 27.7 Å². The minimum Gasteiger partial charge on any atom is -0.388 e. The van der Waals surface area contributed by atoms with E-state index in [9.17, 15) is 5.11 Å².